The van der Waals surface area contributed by atoms with Crippen molar-refractivity contribution in [3.8, 4) is 5.75 Å². The third-order valence-electron chi connectivity index (χ3n) is 2.14. The first-order chi connectivity index (χ1) is 9.97. The summed E-state index contributed by atoms with van der Waals surface area (Å²) in [6.45, 7) is -0.0978. The predicted octanol–water partition coefficient (Wildman–Crippen LogP) is 2.87. The van der Waals surface area contributed by atoms with Crippen molar-refractivity contribution >= 4 is 5.97 Å². The third kappa shape index (κ3) is 4.93. The van der Waals surface area contributed by atoms with E-state index in [1.165, 1.54) is 0 Å². The van der Waals surface area contributed by atoms with Crippen molar-refractivity contribution in [3.05, 3.63) is 39.8 Å². The van der Waals surface area contributed by atoms with E-state index in [9.17, 15) is 22.4 Å². The minimum Gasteiger partial charge on any atom is -0.420 e. The van der Waals surface area contributed by atoms with E-state index < -0.39 is 41.4 Å². The summed E-state index contributed by atoms with van der Waals surface area (Å²) < 4.78 is 61.2. The first-order valence-electron chi connectivity index (χ1n) is 5.59. The lowest BCUT2D eigenvalue weighted by atomic mass is 10.3. The highest BCUT2D eigenvalue weighted by Crippen LogP contribution is 2.26. The van der Waals surface area contributed by atoms with E-state index in [1.807, 2.05) is 0 Å². The third-order valence-corrected chi connectivity index (χ3v) is 2.14. The fourth-order valence-corrected chi connectivity index (χ4v) is 1.21. The maximum Gasteiger partial charge on any atom is 0.313 e. The molecule has 1 aromatic rings. The summed E-state index contributed by atoms with van der Waals surface area (Å²) >= 11 is 0. The van der Waals surface area contributed by atoms with Gasteiger partial charge in [-0.05, 0) is 5.53 Å². The van der Waals surface area contributed by atoms with E-state index in [2.05, 4.69) is 14.8 Å². The van der Waals surface area contributed by atoms with Crippen LogP contribution >= 0.6 is 0 Å². The van der Waals surface area contributed by atoms with Crippen molar-refractivity contribution in [1.82, 2.24) is 0 Å². The normalized spacial score (nSPS) is 10.1. The second-order valence-corrected chi connectivity index (χ2v) is 3.59. The van der Waals surface area contributed by atoms with Gasteiger partial charge in [0.2, 0.25) is 17.4 Å². The summed E-state index contributed by atoms with van der Waals surface area (Å²) in [5, 5.41) is 3.16. The van der Waals surface area contributed by atoms with Gasteiger partial charge < -0.3 is 9.47 Å². The van der Waals surface area contributed by atoms with Crippen molar-refractivity contribution in [3.63, 3.8) is 0 Å². The van der Waals surface area contributed by atoms with Crippen LogP contribution in [0, 0.1) is 23.3 Å². The Hall–Kier alpha value is -2.32. The van der Waals surface area contributed by atoms with E-state index in [1.54, 1.807) is 0 Å². The highest BCUT2D eigenvalue weighted by Gasteiger charge is 2.22. The van der Waals surface area contributed by atoms with Gasteiger partial charge in [0.15, 0.2) is 11.6 Å². The molecule has 0 bridgehead atoms. The first kappa shape index (κ1) is 16.7. The molecule has 0 aliphatic rings. The van der Waals surface area contributed by atoms with E-state index in [-0.39, 0.29) is 25.8 Å². The summed E-state index contributed by atoms with van der Waals surface area (Å²) in [7, 11) is 0. The second kappa shape index (κ2) is 8.08. The summed E-state index contributed by atoms with van der Waals surface area (Å²) in [6.07, 6.45) is -0.409. The Morgan fingerprint density at radius 1 is 1.19 bits per heavy atom. The van der Waals surface area contributed by atoms with E-state index in [4.69, 9.17) is 10.3 Å². The Labute approximate surface area is 115 Å². The number of carbonyl (C=O) groups is 1. The minimum absolute atomic E-state index is 0.000820. The van der Waals surface area contributed by atoms with Gasteiger partial charge in [0, 0.05) is 17.5 Å². The van der Waals surface area contributed by atoms with Gasteiger partial charge >= 0.3 is 5.97 Å². The molecule has 0 fully saturated rings. The minimum atomic E-state index is -1.80. The molecule has 0 unspecified atom stereocenters. The number of esters is 1. The maximum absolute atomic E-state index is 13.2. The largest absolute Gasteiger partial charge is 0.420 e. The van der Waals surface area contributed by atoms with Crippen molar-refractivity contribution in [1.29, 1.82) is 0 Å². The molecule has 0 heterocycles. The maximum atomic E-state index is 13.2. The molecule has 1 aromatic carbocycles. The molecule has 0 amide bonds. The lowest BCUT2D eigenvalue weighted by molar-refractivity contribution is -0.136. The average Bonchev–Trinajstić information content (AvgIpc) is 2.45. The Kier molecular flexibility index (Phi) is 6.44. The molecule has 0 aliphatic heterocycles. The van der Waals surface area contributed by atoms with Crippen LogP contribution in [0.2, 0.25) is 0 Å². The number of ether oxygens (including phenoxy) is 2. The van der Waals surface area contributed by atoms with E-state index in [0.29, 0.717) is 0 Å². The van der Waals surface area contributed by atoms with Crippen molar-refractivity contribution < 1.29 is 31.8 Å². The molecular weight excluding hydrogens is 298 g/mol. The Bertz CT molecular complexity index is 550. The standard InChI is InChI=1S/C11H9F4N3O3/c12-6-5-7(13)10(15)11(9(6)14)21-8(19)1-3-20-4-2-17-18-16/h5H,1-4H2. The number of rotatable bonds is 7. The van der Waals surface area contributed by atoms with Crippen LogP contribution in [0.15, 0.2) is 11.2 Å². The Morgan fingerprint density at radius 2 is 1.81 bits per heavy atom. The summed E-state index contributed by atoms with van der Waals surface area (Å²) in [5.74, 6) is -9.53. The van der Waals surface area contributed by atoms with Gasteiger partial charge in [-0.3, -0.25) is 4.79 Å². The molecule has 6 nitrogen and oxygen atoms in total. The zero-order valence-electron chi connectivity index (χ0n) is 10.5. The van der Waals surface area contributed by atoms with Gasteiger partial charge in [0.1, 0.15) is 0 Å². The number of carbonyl (C=O) groups excluding carboxylic acids is 1. The fraction of sp³-hybridized carbons (Fsp3) is 0.364. The monoisotopic (exact) mass is 307 g/mol. The van der Waals surface area contributed by atoms with Gasteiger partial charge in [-0.15, -0.1) is 0 Å². The molecule has 0 saturated heterocycles. The molecule has 10 heteroatoms. The van der Waals surface area contributed by atoms with Crippen LogP contribution in [0.1, 0.15) is 6.42 Å². The molecule has 0 spiro atoms. The lowest BCUT2D eigenvalue weighted by Gasteiger charge is -2.08. The second-order valence-electron chi connectivity index (χ2n) is 3.59. The van der Waals surface area contributed by atoms with Crippen LogP contribution in [-0.4, -0.2) is 25.7 Å². The van der Waals surface area contributed by atoms with Crippen LogP contribution in [0.4, 0.5) is 17.6 Å². The molecule has 114 valence electrons. The van der Waals surface area contributed by atoms with Crippen molar-refractivity contribution in [2.45, 2.75) is 6.42 Å². The highest BCUT2D eigenvalue weighted by atomic mass is 19.2. The van der Waals surface area contributed by atoms with Crippen LogP contribution in [0.5, 0.6) is 5.75 Å². The molecular formula is C11H9F4N3O3. The number of benzene rings is 1. The zero-order chi connectivity index (χ0) is 15.8. The van der Waals surface area contributed by atoms with E-state index in [0.717, 1.165) is 0 Å². The molecule has 0 N–H and O–H groups in total. The highest BCUT2D eigenvalue weighted by molar-refractivity contribution is 5.72. The van der Waals surface area contributed by atoms with Crippen LogP contribution < -0.4 is 4.74 Å². The molecule has 0 saturated carbocycles. The Morgan fingerprint density at radius 3 is 2.38 bits per heavy atom. The van der Waals surface area contributed by atoms with Crippen LogP contribution in [-0.2, 0) is 9.53 Å². The quantitative estimate of drug-likeness (QED) is 0.113. The number of nitrogens with zero attached hydrogens (tertiary/aromatic N) is 3. The molecule has 0 atom stereocenters. The van der Waals surface area contributed by atoms with Crippen molar-refractivity contribution in [2.75, 3.05) is 19.8 Å². The zero-order valence-corrected chi connectivity index (χ0v) is 10.5. The summed E-state index contributed by atoms with van der Waals surface area (Å²) in [6, 6.07) is 0.000820. The molecule has 0 radical (unpaired) electrons. The molecule has 0 aromatic heterocycles. The Balaban J connectivity index is 2.54. The predicted molar refractivity (Wildman–Crippen MR) is 61.4 cm³/mol. The van der Waals surface area contributed by atoms with Gasteiger partial charge in [0.05, 0.1) is 19.6 Å². The average molecular weight is 307 g/mol. The van der Waals surface area contributed by atoms with Crippen LogP contribution in [0.25, 0.3) is 10.4 Å². The SMILES string of the molecule is [N-]=[N+]=NCCOCCC(=O)Oc1c(F)c(F)cc(F)c1F. The van der Waals surface area contributed by atoms with Crippen molar-refractivity contribution in [2.24, 2.45) is 5.11 Å². The smallest absolute Gasteiger partial charge is 0.313 e. The van der Waals surface area contributed by atoms with E-state index >= 15 is 0 Å². The number of azide groups is 1. The topological polar surface area (TPSA) is 84.3 Å². The lowest BCUT2D eigenvalue weighted by Crippen LogP contribution is -2.14. The number of hydrogen-bond acceptors (Lipinski definition) is 4. The molecule has 0 aliphatic carbocycles. The van der Waals surface area contributed by atoms with Gasteiger partial charge in [0.25, 0.3) is 0 Å². The number of hydrogen-bond donors (Lipinski definition) is 0. The number of halogens is 4. The molecule has 21 heavy (non-hydrogen) atoms. The van der Waals surface area contributed by atoms with Crippen LogP contribution in [0.3, 0.4) is 0 Å². The van der Waals surface area contributed by atoms with Gasteiger partial charge in [-0.1, -0.05) is 5.11 Å². The van der Waals surface area contributed by atoms with Gasteiger partial charge in [-0.25, -0.2) is 8.78 Å². The first-order valence-corrected chi connectivity index (χ1v) is 5.59. The summed E-state index contributed by atoms with van der Waals surface area (Å²) in [5.41, 5.74) is 7.97. The van der Waals surface area contributed by atoms with Gasteiger partial charge in [-0.2, -0.15) is 8.78 Å². The fourth-order valence-electron chi connectivity index (χ4n) is 1.21. The molecule has 1 rings (SSSR count). The summed E-state index contributed by atoms with van der Waals surface area (Å²) in [4.78, 5) is 13.7.